The highest BCUT2D eigenvalue weighted by atomic mass is 32.2. The molecule has 2 rings (SSSR count). The van der Waals surface area contributed by atoms with Crippen molar-refractivity contribution in [3.05, 3.63) is 46.2 Å². The monoisotopic (exact) mass is 296 g/mol. The number of sulfonamides is 1. The summed E-state index contributed by atoms with van der Waals surface area (Å²) in [5.74, 6) is 0. The Hall–Kier alpha value is -1.37. The molecule has 0 atom stereocenters. The molecular formula is C13H16N2O2S2. The van der Waals surface area contributed by atoms with E-state index in [0.717, 1.165) is 10.4 Å². The van der Waals surface area contributed by atoms with Gasteiger partial charge in [0.05, 0.1) is 10.6 Å². The van der Waals surface area contributed by atoms with E-state index in [1.165, 1.54) is 15.6 Å². The van der Waals surface area contributed by atoms with Crippen LogP contribution in [0, 0.1) is 6.92 Å². The quantitative estimate of drug-likeness (QED) is 0.942. The molecule has 0 spiro atoms. The highest BCUT2D eigenvalue weighted by molar-refractivity contribution is 7.93. The molecule has 2 N–H and O–H groups in total. The Balaban J connectivity index is 2.42. The van der Waals surface area contributed by atoms with Gasteiger partial charge in [0.1, 0.15) is 0 Å². The van der Waals surface area contributed by atoms with Crippen LogP contribution in [0.2, 0.25) is 0 Å². The van der Waals surface area contributed by atoms with Crippen LogP contribution in [0.4, 0.5) is 5.69 Å². The molecular weight excluding hydrogens is 280 g/mol. The van der Waals surface area contributed by atoms with Gasteiger partial charge in [0.2, 0.25) is 0 Å². The Bertz CT molecular complexity index is 677. The van der Waals surface area contributed by atoms with Gasteiger partial charge in [0.15, 0.2) is 0 Å². The Labute approximate surface area is 117 Å². The number of aryl methyl sites for hydroxylation is 1. The van der Waals surface area contributed by atoms with Gasteiger partial charge in [-0.2, -0.15) is 0 Å². The first kappa shape index (κ1) is 14.0. The number of rotatable bonds is 4. The molecule has 102 valence electrons. The van der Waals surface area contributed by atoms with Gasteiger partial charge in [0.25, 0.3) is 10.0 Å². The summed E-state index contributed by atoms with van der Waals surface area (Å²) in [5.41, 5.74) is 7.12. The van der Waals surface area contributed by atoms with Gasteiger partial charge < -0.3 is 5.73 Å². The maximum absolute atomic E-state index is 12.5. The largest absolute Gasteiger partial charge is 0.326 e. The number of para-hydroxylation sites is 1. The van der Waals surface area contributed by atoms with Crippen LogP contribution in [0.25, 0.3) is 0 Å². The molecule has 0 unspecified atom stereocenters. The molecule has 2 aromatic rings. The van der Waals surface area contributed by atoms with Gasteiger partial charge in [-0.15, -0.1) is 11.3 Å². The van der Waals surface area contributed by atoms with E-state index in [4.69, 9.17) is 5.73 Å². The Morgan fingerprint density at radius 1 is 1.32 bits per heavy atom. The van der Waals surface area contributed by atoms with Crippen LogP contribution in [-0.2, 0) is 16.6 Å². The summed E-state index contributed by atoms with van der Waals surface area (Å²) in [7, 11) is -1.95. The van der Waals surface area contributed by atoms with E-state index in [2.05, 4.69) is 0 Å². The van der Waals surface area contributed by atoms with Crippen LogP contribution < -0.4 is 10.0 Å². The van der Waals surface area contributed by atoms with Crippen molar-refractivity contribution in [1.29, 1.82) is 0 Å². The van der Waals surface area contributed by atoms with Crippen molar-refractivity contribution in [2.24, 2.45) is 5.73 Å². The standard InChI is InChI=1S/C13H16N2O2S2/c1-10-5-3-4-6-13(10)15(2)19(16,17)12-7-11(8-14)18-9-12/h3-7,9H,8,14H2,1-2H3. The lowest BCUT2D eigenvalue weighted by molar-refractivity contribution is 0.594. The van der Waals surface area contributed by atoms with Crippen LogP contribution in [0.15, 0.2) is 40.6 Å². The fourth-order valence-corrected chi connectivity index (χ4v) is 4.21. The van der Waals surface area contributed by atoms with Gasteiger partial charge in [0, 0.05) is 23.8 Å². The summed E-state index contributed by atoms with van der Waals surface area (Å²) in [4.78, 5) is 1.15. The molecule has 0 bridgehead atoms. The Morgan fingerprint density at radius 2 is 2.00 bits per heavy atom. The number of thiophene rings is 1. The fourth-order valence-electron chi connectivity index (χ4n) is 1.81. The first-order valence-corrected chi connectivity index (χ1v) is 8.11. The van der Waals surface area contributed by atoms with Crippen molar-refractivity contribution >= 4 is 27.0 Å². The molecule has 0 saturated carbocycles. The van der Waals surface area contributed by atoms with Crippen LogP contribution in [0.1, 0.15) is 10.4 Å². The van der Waals surface area contributed by atoms with E-state index in [9.17, 15) is 8.42 Å². The van der Waals surface area contributed by atoms with Crippen LogP contribution in [0.3, 0.4) is 0 Å². The van der Waals surface area contributed by atoms with Crippen molar-refractivity contribution in [3.8, 4) is 0 Å². The fraction of sp³-hybridized carbons (Fsp3) is 0.231. The van der Waals surface area contributed by atoms with Gasteiger partial charge in [-0.1, -0.05) is 18.2 Å². The predicted molar refractivity (Wildman–Crippen MR) is 79.0 cm³/mol. The third kappa shape index (κ3) is 2.65. The van der Waals surface area contributed by atoms with Crippen molar-refractivity contribution < 1.29 is 8.42 Å². The SMILES string of the molecule is Cc1ccccc1N(C)S(=O)(=O)c1csc(CN)c1. The minimum atomic E-state index is -3.52. The molecule has 0 aliphatic carbocycles. The van der Waals surface area contributed by atoms with Crippen molar-refractivity contribution in [2.75, 3.05) is 11.4 Å². The summed E-state index contributed by atoms with van der Waals surface area (Å²) in [6, 6.07) is 9.03. The third-order valence-electron chi connectivity index (χ3n) is 2.94. The smallest absolute Gasteiger partial charge is 0.264 e. The molecule has 1 heterocycles. The van der Waals surface area contributed by atoms with Crippen molar-refractivity contribution in [2.45, 2.75) is 18.4 Å². The first-order chi connectivity index (χ1) is 8.96. The van der Waals surface area contributed by atoms with E-state index in [0.29, 0.717) is 17.1 Å². The van der Waals surface area contributed by atoms with E-state index in [1.807, 2.05) is 25.1 Å². The molecule has 0 saturated heterocycles. The Kier molecular flexibility index (Phi) is 3.93. The zero-order chi connectivity index (χ0) is 14.0. The lowest BCUT2D eigenvalue weighted by Gasteiger charge is -2.20. The van der Waals surface area contributed by atoms with Crippen molar-refractivity contribution in [3.63, 3.8) is 0 Å². The lowest BCUT2D eigenvalue weighted by Crippen LogP contribution is -2.26. The number of nitrogens with two attached hydrogens (primary N) is 1. The summed E-state index contributed by atoms with van der Waals surface area (Å²) >= 11 is 1.36. The summed E-state index contributed by atoms with van der Waals surface area (Å²) in [6.45, 7) is 2.24. The maximum Gasteiger partial charge on any atom is 0.264 e. The predicted octanol–water partition coefficient (Wildman–Crippen LogP) is 2.34. The average Bonchev–Trinajstić information content (AvgIpc) is 2.88. The highest BCUT2D eigenvalue weighted by Crippen LogP contribution is 2.27. The Morgan fingerprint density at radius 3 is 2.58 bits per heavy atom. The minimum Gasteiger partial charge on any atom is -0.326 e. The molecule has 0 aliphatic rings. The van der Waals surface area contributed by atoms with E-state index in [-0.39, 0.29) is 0 Å². The topological polar surface area (TPSA) is 63.4 Å². The number of hydrogen-bond acceptors (Lipinski definition) is 4. The van der Waals surface area contributed by atoms with Gasteiger partial charge in [-0.05, 0) is 24.6 Å². The minimum absolute atomic E-state index is 0.295. The molecule has 6 heteroatoms. The van der Waals surface area contributed by atoms with Gasteiger partial charge in [-0.25, -0.2) is 8.42 Å². The second kappa shape index (κ2) is 5.32. The van der Waals surface area contributed by atoms with E-state index in [1.54, 1.807) is 24.6 Å². The number of anilines is 1. The van der Waals surface area contributed by atoms with E-state index >= 15 is 0 Å². The second-order valence-corrected chi connectivity index (χ2v) is 7.18. The molecule has 1 aromatic carbocycles. The third-order valence-corrected chi connectivity index (χ3v) is 5.80. The molecule has 19 heavy (non-hydrogen) atoms. The number of benzene rings is 1. The van der Waals surface area contributed by atoms with Crippen LogP contribution >= 0.6 is 11.3 Å². The van der Waals surface area contributed by atoms with E-state index < -0.39 is 10.0 Å². The second-order valence-electron chi connectivity index (χ2n) is 4.21. The normalized spacial score (nSPS) is 11.5. The zero-order valence-electron chi connectivity index (χ0n) is 10.8. The van der Waals surface area contributed by atoms with Crippen molar-refractivity contribution in [1.82, 2.24) is 0 Å². The summed E-state index contributed by atoms with van der Waals surface area (Å²) < 4.78 is 26.3. The molecule has 4 nitrogen and oxygen atoms in total. The zero-order valence-corrected chi connectivity index (χ0v) is 12.5. The summed E-state index contributed by atoms with van der Waals surface area (Å²) in [5, 5.41) is 1.63. The summed E-state index contributed by atoms with van der Waals surface area (Å²) in [6.07, 6.45) is 0. The molecule has 0 radical (unpaired) electrons. The number of hydrogen-bond donors (Lipinski definition) is 1. The molecule has 1 aromatic heterocycles. The molecule has 0 aliphatic heterocycles. The highest BCUT2D eigenvalue weighted by Gasteiger charge is 2.23. The lowest BCUT2D eigenvalue weighted by atomic mass is 10.2. The van der Waals surface area contributed by atoms with Gasteiger partial charge in [-0.3, -0.25) is 4.31 Å². The first-order valence-electron chi connectivity index (χ1n) is 5.79. The molecule has 0 fully saturated rings. The average molecular weight is 296 g/mol. The van der Waals surface area contributed by atoms with Gasteiger partial charge >= 0.3 is 0 Å². The molecule has 0 amide bonds. The van der Waals surface area contributed by atoms with Crippen LogP contribution in [0.5, 0.6) is 0 Å². The maximum atomic E-state index is 12.5. The van der Waals surface area contributed by atoms with Crippen LogP contribution in [-0.4, -0.2) is 15.5 Å². The number of nitrogens with zero attached hydrogens (tertiary/aromatic N) is 1.